The summed E-state index contributed by atoms with van der Waals surface area (Å²) < 4.78 is 0. The molecule has 0 radical (unpaired) electrons. The number of amides is 1. The number of nitrogens with one attached hydrogen (secondary N) is 1. The van der Waals surface area contributed by atoms with Crippen LogP contribution in [-0.2, 0) is 17.8 Å². The second-order valence-electron chi connectivity index (χ2n) is 6.22. The second kappa shape index (κ2) is 6.90. The summed E-state index contributed by atoms with van der Waals surface area (Å²) in [7, 11) is 0. The lowest BCUT2D eigenvalue weighted by atomic mass is 10.1. The van der Waals surface area contributed by atoms with Crippen molar-refractivity contribution in [3.05, 3.63) is 21.9 Å². The van der Waals surface area contributed by atoms with Crippen LogP contribution in [0, 0.1) is 0 Å². The molecule has 4 nitrogen and oxygen atoms in total. The number of hydrogen-bond donors (Lipinski definition) is 1. The number of fused-ring (bicyclic) bond motifs is 1. The van der Waals surface area contributed by atoms with Gasteiger partial charge in [-0.3, -0.25) is 4.79 Å². The van der Waals surface area contributed by atoms with Crippen LogP contribution in [0.3, 0.4) is 0 Å². The molecule has 21 heavy (non-hydrogen) atoms. The van der Waals surface area contributed by atoms with Crippen molar-refractivity contribution >= 4 is 17.2 Å². The average molecular weight is 307 g/mol. The van der Waals surface area contributed by atoms with E-state index in [9.17, 15) is 4.79 Å². The Kier molecular flexibility index (Phi) is 4.93. The molecule has 2 aliphatic heterocycles. The summed E-state index contributed by atoms with van der Waals surface area (Å²) >= 11 is 1.82. The van der Waals surface area contributed by atoms with E-state index < -0.39 is 0 Å². The quantitative estimate of drug-likeness (QED) is 0.899. The van der Waals surface area contributed by atoms with E-state index in [0.717, 1.165) is 26.1 Å². The molecule has 0 aromatic carbocycles. The van der Waals surface area contributed by atoms with Gasteiger partial charge in [0.2, 0.25) is 5.91 Å². The maximum absolute atomic E-state index is 12.3. The highest BCUT2D eigenvalue weighted by Crippen LogP contribution is 2.23. The van der Waals surface area contributed by atoms with E-state index in [-0.39, 0.29) is 5.91 Å². The fourth-order valence-corrected chi connectivity index (χ4v) is 4.14. The number of nitrogens with zero attached hydrogens (tertiary/aromatic N) is 2. The third-order valence-electron chi connectivity index (χ3n) is 4.49. The monoisotopic (exact) mass is 307 g/mol. The molecule has 1 aromatic heterocycles. The molecule has 0 saturated carbocycles. The van der Waals surface area contributed by atoms with Gasteiger partial charge in [-0.05, 0) is 56.3 Å². The highest BCUT2D eigenvalue weighted by Gasteiger charge is 2.22. The Morgan fingerprint density at radius 1 is 1.38 bits per heavy atom. The molecule has 1 amide bonds. The van der Waals surface area contributed by atoms with Crippen molar-refractivity contribution in [2.45, 2.75) is 38.8 Å². The van der Waals surface area contributed by atoms with E-state index in [1.807, 2.05) is 16.2 Å². The van der Waals surface area contributed by atoms with Crippen LogP contribution in [0.15, 0.2) is 11.4 Å². The fraction of sp³-hybridized carbons (Fsp3) is 0.688. The smallest absolute Gasteiger partial charge is 0.236 e. The zero-order valence-electron chi connectivity index (χ0n) is 12.8. The van der Waals surface area contributed by atoms with Crippen molar-refractivity contribution in [3.63, 3.8) is 0 Å². The van der Waals surface area contributed by atoms with Crippen LogP contribution in [0.1, 0.15) is 30.2 Å². The highest BCUT2D eigenvalue weighted by atomic mass is 32.1. The SMILES string of the molecule is CC(CN1CCCC1)NCC(=O)N1CCc2sccc2C1. The molecule has 1 saturated heterocycles. The van der Waals surface area contributed by atoms with Gasteiger partial charge in [0, 0.05) is 30.6 Å². The molecule has 3 heterocycles. The van der Waals surface area contributed by atoms with Crippen LogP contribution in [0.4, 0.5) is 0 Å². The lowest BCUT2D eigenvalue weighted by Crippen LogP contribution is -2.45. The van der Waals surface area contributed by atoms with E-state index in [1.54, 1.807) is 0 Å². The molecular weight excluding hydrogens is 282 g/mol. The Bertz CT molecular complexity index is 482. The average Bonchev–Trinajstić information content (AvgIpc) is 3.14. The summed E-state index contributed by atoms with van der Waals surface area (Å²) in [6, 6.07) is 2.54. The maximum atomic E-state index is 12.3. The van der Waals surface area contributed by atoms with E-state index in [1.165, 1.54) is 36.4 Å². The van der Waals surface area contributed by atoms with E-state index >= 15 is 0 Å². The normalized spacial score (nSPS) is 20.5. The van der Waals surface area contributed by atoms with Gasteiger partial charge in [0.15, 0.2) is 0 Å². The van der Waals surface area contributed by atoms with E-state index in [4.69, 9.17) is 0 Å². The largest absolute Gasteiger partial charge is 0.337 e. The predicted molar refractivity (Wildman–Crippen MR) is 86.6 cm³/mol. The molecule has 2 aliphatic rings. The van der Waals surface area contributed by atoms with Crippen molar-refractivity contribution in [2.75, 3.05) is 32.7 Å². The lowest BCUT2D eigenvalue weighted by molar-refractivity contribution is -0.131. The number of thiophene rings is 1. The molecule has 1 unspecified atom stereocenters. The van der Waals surface area contributed by atoms with Crippen LogP contribution in [0.5, 0.6) is 0 Å². The number of carbonyl (C=O) groups is 1. The van der Waals surface area contributed by atoms with Gasteiger partial charge < -0.3 is 15.1 Å². The van der Waals surface area contributed by atoms with Crippen molar-refractivity contribution in [3.8, 4) is 0 Å². The molecule has 1 aromatic rings. The number of likely N-dealkylation sites (tertiary alicyclic amines) is 1. The summed E-state index contributed by atoms with van der Waals surface area (Å²) in [6.45, 7) is 7.80. The van der Waals surface area contributed by atoms with Crippen LogP contribution >= 0.6 is 11.3 Å². The van der Waals surface area contributed by atoms with Gasteiger partial charge in [0.05, 0.1) is 6.54 Å². The molecule has 5 heteroatoms. The molecule has 116 valence electrons. The minimum Gasteiger partial charge on any atom is -0.337 e. The second-order valence-corrected chi connectivity index (χ2v) is 7.22. The Hall–Kier alpha value is -0.910. The minimum absolute atomic E-state index is 0.236. The third-order valence-corrected chi connectivity index (χ3v) is 5.52. The van der Waals surface area contributed by atoms with Crippen LogP contribution < -0.4 is 5.32 Å². The molecular formula is C16H25N3OS. The number of hydrogen-bond acceptors (Lipinski definition) is 4. The summed E-state index contributed by atoms with van der Waals surface area (Å²) in [4.78, 5) is 18.3. The van der Waals surface area contributed by atoms with Gasteiger partial charge in [-0.25, -0.2) is 0 Å². The van der Waals surface area contributed by atoms with Gasteiger partial charge in [0.1, 0.15) is 0 Å². The van der Waals surface area contributed by atoms with Crippen molar-refractivity contribution < 1.29 is 4.79 Å². The minimum atomic E-state index is 0.236. The van der Waals surface area contributed by atoms with E-state index in [0.29, 0.717) is 12.6 Å². The molecule has 0 bridgehead atoms. The molecule has 0 aliphatic carbocycles. The summed E-state index contributed by atoms with van der Waals surface area (Å²) in [6.07, 6.45) is 3.66. The zero-order valence-corrected chi connectivity index (χ0v) is 13.6. The third kappa shape index (κ3) is 3.84. The zero-order chi connectivity index (χ0) is 14.7. The Labute approximate surface area is 131 Å². The van der Waals surface area contributed by atoms with E-state index in [2.05, 4.69) is 28.6 Å². The maximum Gasteiger partial charge on any atom is 0.236 e. The lowest BCUT2D eigenvalue weighted by Gasteiger charge is -2.28. The van der Waals surface area contributed by atoms with Crippen molar-refractivity contribution in [1.29, 1.82) is 0 Å². The summed E-state index contributed by atoms with van der Waals surface area (Å²) in [5.41, 5.74) is 1.34. The van der Waals surface area contributed by atoms with Crippen molar-refractivity contribution in [1.82, 2.24) is 15.1 Å². The molecule has 1 atom stereocenters. The molecule has 3 rings (SSSR count). The first-order chi connectivity index (χ1) is 10.2. The predicted octanol–water partition coefficient (Wildman–Crippen LogP) is 1.71. The van der Waals surface area contributed by atoms with Crippen molar-refractivity contribution in [2.24, 2.45) is 0 Å². The number of rotatable bonds is 5. The number of carbonyl (C=O) groups excluding carboxylic acids is 1. The standard InChI is InChI=1S/C16H25N3OS/c1-13(11-18-6-2-3-7-18)17-10-16(20)19-8-4-15-14(12-19)5-9-21-15/h5,9,13,17H,2-4,6-8,10-12H2,1H3. The first-order valence-electron chi connectivity index (χ1n) is 8.01. The topological polar surface area (TPSA) is 35.6 Å². The van der Waals surface area contributed by atoms with Crippen LogP contribution in [0.25, 0.3) is 0 Å². The van der Waals surface area contributed by atoms with Crippen LogP contribution in [-0.4, -0.2) is 54.5 Å². The Balaban J connectivity index is 1.42. The Morgan fingerprint density at radius 2 is 2.19 bits per heavy atom. The molecule has 1 fully saturated rings. The van der Waals surface area contributed by atoms with Gasteiger partial charge in [-0.15, -0.1) is 11.3 Å². The summed E-state index contributed by atoms with van der Waals surface area (Å²) in [5.74, 6) is 0.236. The van der Waals surface area contributed by atoms with Gasteiger partial charge >= 0.3 is 0 Å². The Morgan fingerprint density at radius 3 is 3.00 bits per heavy atom. The first kappa shape index (κ1) is 15.0. The molecule has 0 spiro atoms. The first-order valence-corrected chi connectivity index (χ1v) is 8.89. The van der Waals surface area contributed by atoms with Crippen LogP contribution in [0.2, 0.25) is 0 Å². The fourth-order valence-electron chi connectivity index (χ4n) is 3.25. The van der Waals surface area contributed by atoms with Gasteiger partial charge in [0.25, 0.3) is 0 Å². The van der Waals surface area contributed by atoms with Gasteiger partial charge in [-0.2, -0.15) is 0 Å². The highest BCUT2D eigenvalue weighted by molar-refractivity contribution is 7.10. The summed E-state index contributed by atoms with van der Waals surface area (Å²) in [5, 5.41) is 5.53. The van der Waals surface area contributed by atoms with Gasteiger partial charge in [-0.1, -0.05) is 0 Å². The molecule has 1 N–H and O–H groups in total.